The van der Waals surface area contributed by atoms with Crippen LogP contribution in [0.1, 0.15) is 233 Å². The zero-order valence-electron chi connectivity index (χ0n) is 38.2. The highest BCUT2D eigenvalue weighted by atomic mass is 16.5. The SMILES string of the molecule is CC/C=C/C/C=C/C/C=C/C/C=C/CCCC(CC(=O)NC(CO)C(O)CCCCCCCCCCC)OC(=O)CCCCCCC/C=C/CCCCCCCCC. The van der Waals surface area contributed by atoms with Gasteiger partial charge in [0.15, 0.2) is 0 Å². The Kier molecular flexibility index (Phi) is 43.7. The highest BCUT2D eigenvalue weighted by molar-refractivity contribution is 5.77. The fourth-order valence-corrected chi connectivity index (χ4v) is 7.13. The standard InChI is InChI=1S/C52H93NO5/c1-4-7-10-13-16-19-21-23-25-26-28-30-33-36-39-42-45-52(57)58-48(43-40-37-34-32-29-27-24-22-20-17-14-11-8-5-2)46-51(56)53-49(47-54)50(55)44-41-38-35-31-18-15-12-9-6-3/h8,11,17,20,24-27,32,34,48-50,54-55H,4-7,9-10,12-16,18-19,21-23,28-31,33,35-47H2,1-3H3,(H,53,56)/b11-8+,20-17+,26-25+,27-24+,34-32+. The molecule has 58 heavy (non-hydrogen) atoms. The number of esters is 1. The molecule has 0 aromatic heterocycles. The van der Waals surface area contributed by atoms with Gasteiger partial charge in [0.2, 0.25) is 5.91 Å². The number of unbranched alkanes of at least 4 members (excludes halogenated alkanes) is 21. The van der Waals surface area contributed by atoms with E-state index < -0.39 is 18.2 Å². The molecule has 0 aliphatic carbocycles. The van der Waals surface area contributed by atoms with Crippen LogP contribution in [0.25, 0.3) is 0 Å². The summed E-state index contributed by atoms with van der Waals surface area (Å²) in [5.41, 5.74) is 0. The van der Waals surface area contributed by atoms with Gasteiger partial charge in [-0.05, 0) is 83.5 Å². The van der Waals surface area contributed by atoms with Crippen molar-refractivity contribution >= 4 is 11.9 Å². The molecule has 3 unspecified atom stereocenters. The van der Waals surface area contributed by atoms with Gasteiger partial charge in [-0.1, -0.05) is 197 Å². The van der Waals surface area contributed by atoms with Gasteiger partial charge in [-0.15, -0.1) is 0 Å². The van der Waals surface area contributed by atoms with Gasteiger partial charge in [0.1, 0.15) is 6.10 Å². The maximum Gasteiger partial charge on any atom is 0.306 e. The lowest BCUT2D eigenvalue weighted by Gasteiger charge is -2.24. The largest absolute Gasteiger partial charge is 0.462 e. The number of aliphatic hydroxyl groups excluding tert-OH is 2. The summed E-state index contributed by atoms with van der Waals surface area (Å²) in [7, 11) is 0. The Morgan fingerprint density at radius 2 is 0.948 bits per heavy atom. The van der Waals surface area contributed by atoms with E-state index in [-0.39, 0.29) is 24.9 Å². The molecule has 0 aliphatic rings. The maximum absolute atomic E-state index is 13.1. The Balaban J connectivity index is 4.67. The van der Waals surface area contributed by atoms with E-state index in [4.69, 9.17) is 4.74 Å². The quantitative estimate of drug-likeness (QED) is 0.0324. The summed E-state index contributed by atoms with van der Waals surface area (Å²) in [5.74, 6) is -0.540. The van der Waals surface area contributed by atoms with Crippen LogP contribution >= 0.6 is 0 Å². The van der Waals surface area contributed by atoms with Crippen LogP contribution in [0.5, 0.6) is 0 Å². The minimum Gasteiger partial charge on any atom is -0.462 e. The number of amides is 1. The van der Waals surface area contributed by atoms with E-state index in [0.717, 1.165) is 83.5 Å². The van der Waals surface area contributed by atoms with E-state index in [1.807, 2.05) is 0 Å². The number of nitrogens with one attached hydrogen (secondary N) is 1. The summed E-state index contributed by atoms with van der Waals surface area (Å²) in [6, 6.07) is -0.720. The monoisotopic (exact) mass is 812 g/mol. The number of carbonyl (C=O) groups is 2. The number of ether oxygens (including phenoxy) is 1. The van der Waals surface area contributed by atoms with Gasteiger partial charge in [-0.25, -0.2) is 0 Å². The van der Waals surface area contributed by atoms with Crippen molar-refractivity contribution in [3.63, 3.8) is 0 Å². The van der Waals surface area contributed by atoms with E-state index in [1.165, 1.54) is 103 Å². The van der Waals surface area contributed by atoms with Crippen molar-refractivity contribution < 1.29 is 24.5 Å². The molecule has 1 amide bonds. The van der Waals surface area contributed by atoms with Crippen LogP contribution in [0.15, 0.2) is 60.8 Å². The molecular formula is C52H93NO5. The topological polar surface area (TPSA) is 95.9 Å². The molecule has 0 spiro atoms. The molecule has 0 aliphatic heterocycles. The van der Waals surface area contributed by atoms with Gasteiger partial charge in [0.05, 0.1) is 25.2 Å². The zero-order chi connectivity index (χ0) is 42.4. The van der Waals surface area contributed by atoms with E-state index >= 15 is 0 Å². The molecule has 0 heterocycles. The average Bonchev–Trinajstić information content (AvgIpc) is 3.22. The number of carbonyl (C=O) groups excluding carboxylic acids is 2. The van der Waals surface area contributed by atoms with Gasteiger partial charge in [-0.3, -0.25) is 9.59 Å². The van der Waals surface area contributed by atoms with Crippen LogP contribution < -0.4 is 5.32 Å². The highest BCUT2D eigenvalue weighted by Gasteiger charge is 2.24. The Bertz CT molecular complexity index is 1050. The van der Waals surface area contributed by atoms with Gasteiger partial charge < -0.3 is 20.3 Å². The molecule has 0 saturated heterocycles. The van der Waals surface area contributed by atoms with Crippen LogP contribution in [0, 0.1) is 0 Å². The first-order chi connectivity index (χ1) is 28.5. The highest BCUT2D eigenvalue weighted by Crippen LogP contribution is 2.16. The lowest BCUT2D eigenvalue weighted by atomic mass is 10.0. The Morgan fingerprint density at radius 3 is 1.47 bits per heavy atom. The molecule has 6 nitrogen and oxygen atoms in total. The molecule has 0 rings (SSSR count). The maximum atomic E-state index is 13.1. The second-order valence-corrected chi connectivity index (χ2v) is 16.5. The van der Waals surface area contributed by atoms with Crippen molar-refractivity contribution in [1.29, 1.82) is 0 Å². The van der Waals surface area contributed by atoms with E-state index in [1.54, 1.807) is 0 Å². The summed E-state index contributed by atoms with van der Waals surface area (Å²) in [5, 5.41) is 23.6. The molecule has 0 saturated carbocycles. The van der Waals surface area contributed by atoms with Crippen molar-refractivity contribution in [2.24, 2.45) is 0 Å². The second-order valence-electron chi connectivity index (χ2n) is 16.5. The summed E-state index contributed by atoms with van der Waals surface area (Å²) in [4.78, 5) is 26.0. The van der Waals surface area contributed by atoms with Gasteiger partial charge in [-0.2, -0.15) is 0 Å². The third-order valence-electron chi connectivity index (χ3n) is 10.8. The fourth-order valence-electron chi connectivity index (χ4n) is 7.13. The van der Waals surface area contributed by atoms with Crippen LogP contribution in [-0.4, -0.2) is 46.9 Å². The van der Waals surface area contributed by atoms with Crippen LogP contribution in [0.3, 0.4) is 0 Å². The van der Waals surface area contributed by atoms with Crippen molar-refractivity contribution in [2.45, 2.75) is 251 Å². The number of rotatable bonds is 43. The Hall–Kier alpha value is -2.44. The summed E-state index contributed by atoms with van der Waals surface area (Å²) >= 11 is 0. The first kappa shape index (κ1) is 55.6. The first-order valence-electron chi connectivity index (χ1n) is 24.5. The molecule has 0 aromatic rings. The molecule has 3 N–H and O–H groups in total. The molecule has 0 bridgehead atoms. The van der Waals surface area contributed by atoms with Gasteiger partial charge in [0.25, 0.3) is 0 Å². The number of hydrogen-bond donors (Lipinski definition) is 3. The molecule has 0 radical (unpaired) electrons. The molecule has 6 heteroatoms. The van der Waals surface area contributed by atoms with Crippen molar-refractivity contribution in [1.82, 2.24) is 5.32 Å². The van der Waals surface area contributed by atoms with E-state index in [9.17, 15) is 19.8 Å². The van der Waals surface area contributed by atoms with Crippen LogP contribution in [0.4, 0.5) is 0 Å². The number of aliphatic hydroxyl groups is 2. The van der Waals surface area contributed by atoms with E-state index in [0.29, 0.717) is 19.3 Å². The Labute approximate surface area is 358 Å². The summed E-state index contributed by atoms with van der Waals surface area (Å²) < 4.78 is 5.89. The molecule has 0 fully saturated rings. The van der Waals surface area contributed by atoms with Crippen molar-refractivity contribution in [3.05, 3.63) is 60.8 Å². The van der Waals surface area contributed by atoms with Crippen molar-refractivity contribution in [3.8, 4) is 0 Å². The predicted molar refractivity (Wildman–Crippen MR) is 250 cm³/mol. The minimum absolute atomic E-state index is 0.0354. The summed E-state index contributed by atoms with van der Waals surface area (Å²) in [6.45, 7) is 6.32. The number of allylic oxidation sites excluding steroid dienone is 10. The normalized spacial score (nSPS) is 13.8. The average molecular weight is 812 g/mol. The molecule has 336 valence electrons. The fraction of sp³-hybridized carbons (Fsp3) is 0.769. The second kappa shape index (κ2) is 45.6. The van der Waals surface area contributed by atoms with E-state index in [2.05, 4.69) is 86.8 Å². The van der Waals surface area contributed by atoms with Gasteiger partial charge in [0, 0.05) is 6.42 Å². The molecule has 3 atom stereocenters. The Morgan fingerprint density at radius 1 is 0.517 bits per heavy atom. The molecule has 0 aromatic carbocycles. The third-order valence-corrected chi connectivity index (χ3v) is 10.8. The molecular weight excluding hydrogens is 719 g/mol. The summed E-state index contributed by atoms with van der Waals surface area (Å²) in [6.07, 6.45) is 55.7. The minimum atomic E-state index is -0.802. The third kappa shape index (κ3) is 40.3. The predicted octanol–water partition coefficient (Wildman–Crippen LogP) is 14.5. The van der Waals surface area contributed by atoms with Gasteiger partial charge >= 0.3 is 5.97 Å². The first-order valence-corrected chi connectivity index (χ1v) is 24.5. The number of hydrogen-bond acceptors (Lipinski definition) is 5. The zero-order valence-corrected chi connectivity index (χ0v) is 38.2. The lowest BCUT2D eigenvalue weighted by Crippen LogP contribution is -2.46. The smallest absolute Gasteiger partial charge is 0.306 e. The lowest BCUT2D eigenvalue weighted by molar-refractivity contribution is -0.151. The van der Waals surface area contributed by atoms with Crippen LogP contribution in [0.2, 0.25) is 0 Å². The van der Waals surface area contributed by atoms with Crippen LogP contribution in [-0.2, 0) is 14.3 Å². The van der Waals surface area contributed by atoms with Crippen molar-refractivity contribution in [2.75, 3.05) is 6.61 Å².